The number of carbonyl (C=O) groups excluding carboxylic acids is 1. The number of hydrogen-bond acceptors (Lipinski definition) is 4. The number of rotatable bonds is 4. The van der Waals surface area contributed by atoms with E-state index in [4.69, 9.17) is 4.74 Å². The molecule has 0 radical (unpaired) electrons. The monoisotopic (exact) mass is 323 g/mol. The second-order valence-corrected chi connectivity index (χ2v) is 8.54. The number of nitrogens with one attached hydrogen (secondary N) is 1. The Bertz CT molecular complexity index is 413. The third-order valence-electron chi connectivity index (χ3n) is 5.60. The molecule has 3 unspecified atom stereocenters. The first-order valence-electron chi connectivity index (χ1n) is 9.34. The number of ether oxygens (including phenoxy) is 1. The van der Waals surface area contributed by atoms with Crippen LogP contribution in [0, 0.1) is 11.8 Å². The van der Waals surface area contributed by atoms with E-state index in [0.717, 1.165) is 57.1 Å². The summed E-state index contributed by atoms with van der Waals surface area (Å²) in [5.74, 6) is 1.96. The average Bonchev–Trinajstić information content (AvgIpc) is 3.09. The summed E-state index contributed by atoms with van der Waals surface area (Å²) < 4.78 is 5.45. The Kier molecular flexibility index (Phi) is 5.16. The highest BCUT2D eigenvalue weighted by atomic mass is 16.6. The van der Waals surface area contributed by atoms with Crippen LogP contribution < -0.4 is 5.32 Å². The summed E-state index contributed by atoms with van der Waals surface area (Å²) in [6.45, 7) is 11.4. The SMILES string of the molecule is CC(C)(C)OC(=O)N1CCN(CCNC2CC3CCC2C3)CC1. The van der Waals surface area contributed by atoms with Gasteiger partial charge >= 0.3 is 6.09 Å². The third-order valence-corrected chi connectivity index (χ3v) is 5.60. The van der Waals surface area contributed by atoms with Crippen molar-refractivity contribution < 1.29 is 9.53 Å². The zero-order valence-corrected chi connectivity index (χ0v) is 15.0. The minimum absolute atomic E-state index is 0.169. The number of nitrogens with zero attached hydrogens (tertiary/aromatic N) is 2. The smallest absolute Gasteiger partial charge is 0.410 e. The highest BCUT2D eigenvalue weighted by molar-refractivity contribution is 5.68. The molecule has 5 heteroatoms. The molecule has 2 aliphatic carbocycles. The first-order valence-corrected chi connectivity index (χ1v) is 9.34. The minimum Gasteiger partial charge on any atom is -0.444 e. The Hall–Kier alpha value is -0.810. The Balaban J connectivity index is 1.31. The van der Waals surface area contributed by atoms with Crippen LogP contribution in [0.4, 0.5) is 4.79 Å². The molecule has 1 amide bonds. The van der Waals surface area contributed by atoms with E-state index < -0.39 is 5.60 Å². The van der Waals surface area contributed by atoms with Crippen LogP contribution in [-0.2, 0) is 4.74 Å². The molecule has 3 rings (SSSR count). The standard InChI is InChI=1S/C18H33N3O2/c1-18(2,3)23-17(22)21-10-8-20(9-11-21)7-6-19-16-13-14-4-5-15(16)12-14/h14-16,19H,4-13H2,1-3H3. The third kappa shape index (κ3) is 4.60. The highest BCUT2D eigenvalue weighted by Gasteiger charge is 2.39. The van der Waals surface area contributed by atoms with Gasteiger partial charge in [0.25, 0.3) is 0 Å². The van der Waals surface area contributed by atoms with Gasteiger partial charge in [-0.1, -0.05) is 6.42 Å². The molecule has 1 heterocycles. The maximum absolute atomic E-state index is 12.1. The van der Waals surface area contributed by atoms with E-state index in [1.165, 1.54) is 25.7 Å². The lowest BCUT2D eigenvalue weighted by atomic mass is 9.95. The molecule has 1 saturated heterocycles. The van der Waals surface area contributed by atoms with Gasteiger partial charge in [0.1, 0.15) is 5.60 Å². The summed E-state index contributed by atoms with van der Waals surface area (Å²) in [6.07, 6.45) is 5.60. The van der Waals surface area contributed by atoms with Crippen molar-refractivity contribution in [3.63, 3.8) is 0 Å². The quantitative estimate of drug-likeness (QED) is 0.862. The first kappa shape index (κ1) is 17.0. The summed E-state index contributed by atoms with van der Waals surface area (Å²) in [5, 5.41) is 3.78. The number of carbonyl (C=O) groups is 1. The van der Waals surface area contributed by atoms with Gasteiger partial charge in [0.05, 0.1) is 0 Å². The van der Waals surface area contributed by atoms with Crippen molar-refractivity contribution in [2.24, 2.45) is 11.8 Å². The van der Waals surface area contributed by atoms with Gasteiger partial charge in [0.2, 0.25) is 0 Å². The van der Waals surface area contributed by atoms with E-state index in [2.05, 4.69) is 10.2 Å². The Labute approximate surface area is 140 Å². The molecular weight excluding hydrogens is 290 g/mol. The molecule has 2 bridgehead atoms. The molecule has 0 spiro atoms. The molecule has 0 aromatic rings. The van der Waals surface area contributed by atoms with Crippen molar-refractivity contribution in [1.29, 1.82) is 0 Å². The van der Waals surface area contributed by atoms with Gasteiger partial charge < -0.3 is 15.0 Å². The van der Waals surface area contributed by atoms with Crippen LogP contribution in [0.1, 0.15) is 46.5 Å². The summed E-state index contributed by atoms with van der Waals surface area (Å²) in [5.41, 5.74) is -0.404. The number of fused-ring (bicyclic) bond motifs is 2. The lowest BCUT2D eigenvalue weighted by molar-refractivity contribution is 0.0145. The average molecular weight is 323 g/mol. The summed E-state index contributed by atoms with van der Waals surface area (Å²) in [6, 6.07) is 0.775. The van der Waals surface area contributed by atoms with Crippen LogP contribution in [-0.4, -0.2) is 66.8 Å². The zero-order valence-electron chi connectivity index (χ0n) is 15.0. The lowest BCUT2D eigenvalue weighted by Gasteiger charge is -2.36. The molecule has 23 heavy (non-hydrogen) atoms. The Morgan fingerprint density at radius 3 is 2.43 bits per heavy atom. The van der Waals surface area contributed by atoms with E-state index in [-0.39, 0.29) is 6.09 Å². The second kappa shape index (κ2) is 6.98. The van der Waals surface area contributed by atoms with Crippen LogP contribution in [0.25, 0.3) is 0 Å². The molecule has 3 fully saturated rings. The normalized spacial score (nSPS) is 31.6. The fourth-order valence-electron chi connectivity index (χ4n) is 4.38. The van der Waals surface area contributed by atoms with Gasteiger partial charge in [-0.2, -0.15) is 0 Å². The number of piperazine rings is 1. The molecule has 132 valence electrons. The van der Waals surface area contributed by atoms with Crippen LogP contribution in [0.2, 0.25) is 0 Å². The minimum atomic E-state index is -0.404. The van der Waals surface area contributed by atoms with Crippen LogP contribution >= 0.6 is 0 Å². The number of amides is 1. The van der Waals surface area contributed by atoms with Gasteiger partial charge in [-0.15, -0.1) is 0 Å². The molecule has 1 aliphatic heterocycles. The largest absolute Gasteiger partial charge is 0.444 e. The predicted octanol–water partition coefficient (Wildman–Crippen LogP) is 2.32. The van der Waals surface area contributed by atoms with Crippen molar-refractivity contribution >= 4 is 6.09 Å². The van der Waals surface area contributed by atoms with Crippen molar-refractivity contribution in [3.05, 3.63) is 0 Å². The fraction of sp³-hybridized carbons (Fsp3) is 0.944. The Morgan fingerprint density at radius 1 is 1.13 bits per heavy atom. The van der Waals surface area contributed by atoms with Crippen molar-refractivity contribution in [3.8, 4) is 0 Å². The van der Waals surface area contributed by atoms with Gasteiger partial charge in [-0.05, 0) is 51.9 Å². The second-order valence-electron chi connectivity index (χ2n) is 8.54. The number of hydrogen-bond donors (Lipinski definition) is 1. The molecule has 5 nitrogen and oxygen atoms in total. The van der Waals surface area contributed by atoms with Crippen LogP contribution in [0.15, 0.2) is 0 Å². The lowest BCUT2D eigenvalue weighted by Crippen LogP contribution is -2.51. The molecule has 0 aromatic carbocycles. The van der Waals surface area contributed by atoms with Crippen LogP contribution in [0.5, 0.6) is 0 Å². The maximum Gasteiger partial charge on any atom is 0.410 e. The van der Waals surface area contributed by atoms with Crippen molar-refractivity contribution in [1.82, 2.24) is 15.1 Å². The van der Waals surface area contributed by atoms with Gasteiger partial charge in [-0.25, -0.2) is 4.79 Å². The van der Waals surface area contributed by atoms with Gasteiger partial charge in [0, 0.05) is 45.3 Å². The van der Waals surface area contributed by atoms with E-state index in [0.29, 0.717) is 0 Å². The van der Waals surface area contributed by atoms with Gasteiger partial charge in [0.15, 0.2) is 0 Å². The molecule has 2 saturated carbocycles. The molecule has 1 N–H and O–H groups in total. The van der Waals surface area contributed by atoms with E-state index >= 15 is 0 Å². The van der Waals surface area contributed by atoms with Crippen LogP contribution in [0.3, 0.4) is 0 Å². The zero-order chi connectivity index (χ0) is 16.4. The molecule has 0 aromatic heterocycles. The first-order chi connectivity index (χ1) is 10.9. The van der Waals surface area contributed by atoms with Gasteiger partial charge in [-0.3, -0.25) is 4.90 Å². The van der Waals surface area contributed by atoms with E-state index in [1.807, 2.05) is 25.7 Å². The highest BCUT2D eigenvalue weighted by Crippen LogP contribution is 2.44. The summed E-state index contributed by atoms with van der Waals surface area (Å²) in [4.78, 5) is 16.4. The van der Waals surface area contributed by atoms with E-state index in [1.54, 1.807) is 0 Å². The molecule has 3 atom stereocenters. The Morgan fingerprint density at radius 2 is 1.87 bits per heavy atom. The maximum atomic E-state index is 12.1. The van der Waals surface area contributed by atoms with Crippen molar-refractivity contribution in [2.45, 2.75) is 58.1 Å². The fourth-order valence-corrected chi connectivity index (χ4v) is 4.38. The predicted molar refractivity (Wildman–Crippen MR) is 91.5 cm³/mol. The van der Waals surface area contributed by atoms with Crippen molar-refractivity contribution in [2.75, 3.05) is 39.3 Å². The summed E-state index contributed by atoms with van der Waals surface area (Å²) in [7, 11) is 0. The molecular formula is C18H33N3O2. The summed E-state index contributed by atoms with van der Waals surface area (Å²) >= 11 is 0. The topological polar surface area (TPSA) is 44.8 Å². The van der Waals surface area contributed by atoms with E-state index in [9.17, 15) is 4.79 Å². The molecule has 3 aliphatic rings.